The van der Waals surface area contributed by atoms with Crippen molar-refractivity contribution in [1.82, 2.24) is 9.55 Å². The maximum atomic E-state index is 5.96. The minimum Gasteiger partial charge on any atom is -0.304 e. The SMILES string of the molecule is CC(C)=NNc1nc2ccccc2n1Cc1ccc(Cl)cc1. The molecule has 0 spiro atoms. The number of hydrogen-bond acceptors (Lipinski definition) is 3. The smallest absolute Gasteiger partial charge is 0.225 e. The van der Waals surface area contributed by atoms with Crippen molar-refractivity contribution >= 4 is 34.3 Å². The van der Waals surface area contributed by atoms with Gasteiger partial charge in [0.25, 0.3) is 0 Å². The third-order valence-electron chi connectivity index (χ3n) is 3.29. The number of imidazole rings is 1. The van der Waals surface area contributed by atoms with E-state index in [2.05, 4.69) is 26.1 Å². The predicted octanol–water partition coefficient (Wildman–Crippen LogP) is 4.55. The van der Waals surface area contributed by atoms with Crippen molar-refractivity contribution in [2.24, 2.45) is 5.10 Å². The van der Waals surface area contributed by atoms with Crippen LogP contribution < -0.4 is 5.43 Å². The topological polar surface area (TPSA) is 42.2 Å². The molecule has 0 bridgehead atoms. The first-order chi connectivity index (χ1) is 10.6. The van der Waals surface area contributed by atoms with Gasteiger partial charge in [0.1, 0.15) is 0 Å². The van der Waals surface area contributed by atoms with Crippen LogP contribution >= 0.6 is 11.6 Å². The molecule has 112 valence electrons. The van der Waals surface area contributed by atoms with Crippen LogP contribution in [0.25, 0.3) is 11.0 Å². The van der Waals surface area contributed by atoms with E-state index < -0.39 is 0 Å². The van der Waals surface area contributed by atoms with Crippen molar-refractivity contribution in [3.8, 4) is 0 Å². The lowest BCUT2D eigenvalue weighted by Gasteiger charge is -2.09. The number of halogens is 1. The molecule has 2 aromatic carbocycles. The number of para-hydroxylation sites is 2. The van der Waals surface area contributed by atoms with Crippen LogP contribution in [0.15, 0.2) is 53.6 Å². The van der Waals surface area contributed by atoms with E-state index in [0.29, 0.717) is 6.54 Å². The molecule has 1 aromatic heterocycles. The summed E-state index contributed by atoms with van der Waals surface area (Å²) in [5.74, 6) is 0.734. The quantitative estimate of drug-likeness (QED) is 0.567. The summed E-state index contributed by atoms with van der Waals surface area (Å²) in [4.78, 5) is 4.62. The second-order valence-corrected chi connectivity index (χ2v) is 5.74. The van der Waals surface area contributed by atoms with Gasteiger partial charge < -0.3 is 4.57 Å². The number of fused-ring (bicyclic) bond motifs is 1. The number of nitrogens with zero attached hydrogens (tertiary/aromatic N) is 3. The van der Waals surface area contributed by atoms with Crippen LogP contribution in [0.3, 0.4) is 0 Å². The Morgan fingerprint density at radius 2 is 1.86 bits per heavy atom. The van der Waals surface area contributed by atoms with Gasteiger partial charge in [0.15, 0.2) is 0 Å². The van der Waals surface area contributed by atoms with Gasteiger partial charge in [-0.15, -0.1) is 0 Å². The Morgan fingerprint density at radius 3 is 2.59 bits per heavy atom. The molecule has 0 atom stereocenters. The van der Waals surface area contributed by atoms with Gasteiger partial charge in [0.2, 0.25) is 5.95 Å². The Bertz CT molecular complexity index is 814. The second-order valence-electron chi connectivity index (χ2n) is 5.31. The number of anilines is 1. The number of nitrogens with one attached hydrogen (secondary N) is 1. The van der Waals surface area contributed by atoms with E-state index in [-0.39, 0.29) is 0 Å². The summed E-state index contributed by atoms with van der Waals surface area (Å²) in [5, 5.41) is 5.01. The normalized spacial score (nSPS) is 10.7. The van der Waals surface area contributed by atoms with Gasteiger partial charge in [-0.2, -0.15) is 5.10 Å². The van der Waals surface area contributed by atoms with Crippen molar-refractivity contribution in [3.05, 3.63) is 59.1 Å². The maximum Gasteiger partial charge on any atom is 0.225 e. The highest BCUT2D eigenvalue weighted by Gasteiger charge is 2.10. The van der Waals surface area contributed by atoms with Crippen molar-refractivity contribution in [2.75, 3.05) is 5.43 Å². The molecule has 0 aliphatic heterocycles. The first kappa shape index (κ1) is 14.6. The van der Waals surface area contributed by atoms with E-state index >= 15 is 0 Å². The van der Waals surface area contributed by atoms with E-state index in [1.165, 1.54) is 0 Å². The fourth-order valence-electron chi connectivity index (χ4n) is 2.26. The molecule has 0 fully saturated rings. The summed E-state index contributed by atoms with van der Waals surface area (Å²) in [6, 6.07) is 15.9. The van der Waals surface area contributed by atoms with Gasteiger partial charge in [0.05, 0.1) is 17.6 Å². The summed E-state index contributed by atoms with van der Waals surface area (Å²) < 4.78 is 2.12. The van der Waals surface area contributed by atoms with Gasteiger partial charge in [-0.25, -0.2) is 10.4 Å². The highest BCUT2D eigenvalue weighted by atomic mass is 35.5. The Hall–Kier alpha value is -2.33. The van der Waals surface area contributed by atoms with Crippen LogP contribution in [0.4, 0.5) is 5.95 Å². The van der Waals surface area contributed by atoms with E-state index in [9.17, 15) is 0 Å². The van der Waals surface area contributed by atoms with E-state index in [4.69, 9.17) is 11.6 Å². The molecular weight excluding hydrogens is 296 g/mol. The Kier molecular flexibility index (Phi) is 4.11. The summed E-state index contributed by atoms with van der Waals surface area (Å²) >= 11 is 5.96. The number of hydrogen-bond donors (Lipinski definition) is 1. The third-order valence-corrected chi connectivity index (χ3v) is 3.54. The van der Waals surface area contributed by atoms with Gasteiger partial charge in [-0.1, -0.05) is 35.9 Å². The highest BCUT2D eigenvalue weighted by Crippen LogP contribution is 2.22. The molecule has 22 heavy (non-hydrogen) atoms. The Labute approximate surface area is 134 Å². The molecule has 1 N–H and O–H groups in total. The van der Waals surface area contributed by atoms with Crippen LogP contribution in [0, 0.1) is 0 Å². The molecule has 0 aliphatic rings. The molecule has 0 unspecified atom stereocenters. The van der Waals surface area contributed by atoms with E-state index in [1.807, 2.05) is 56.3 Å². The molecule has 3 rings (SSSR count). The van der Waals surface area contributed by atoms with Gasteiger partial charge in [0, 0.05) is 10.7 Å². The summed E-state index contributed by atoms with van der Waals surface area (Å²) in [6.07, 6.45) is 0. The monoisotopic (exact) mass is 312 g/mol. The molecule has 5 heteroatoms. The van der Waals surface area contributed by atoms with Crippen LogP contribution in [0.1, 0.15) is 19.4 Å². The molecule has 0 amide bonds. The molecule has 1 heterocycles. The van der Waals surface area contributed by atoms with E-state index in [0.717, 1.165) is 33.3 Å². The van der Waals surface area contributed by atoms with Crippen LogP contribution in [0.2, 0.25) is 5.02 Å². The van der Waals surface area contributed by atoms with Crippen molar-refractivity contribution in [2.45, 2.75) is 20.4 Å². The number of benzene rings is 2. The van der Waals surface area contributed by atoms with Crippen LogP contribution in [-0.4, -0.2) is 15.3 Å². The van der Waals surface area contributed by atoms with Crippen molar-refractivity contribution in [3.63, 3.8) is 0 Å². The van der Waals surface area contributed by atoms with Crippen LogP contribution in [-0.2, 0) is 6.54 Å². The van der Waals surface area contributed by atoms with Gasteiger partial charge in [-0.3, -0.25) is 0 Å². The Balaban J connectivity index is 2.03. The Morgan fingerprint density at radius 1 is 1.14 bits per heavy atom. The lowest BCUT2D eigenvalue weighted by atomic mass is 10.2. The molecule has 0 radical (unpaired) electrons. The first-order valence-corrected chi connectivity index (χ1v) is 7.48. The number of aromatic nitrogens is 2. The first-order valence-electron chi connectivity index (χ1n) is 7.10. The molecule has 0 saturated heterocycles. The number of hydrazone groups is 1. The average Bonchev–Trinajstić information content (AvgIpc) is 2.85. The van der Waals surface area contributed by atoms with Crippen molar-refractivity contribution in [1.29, 1.82) is 0 Å². The fourth-order valence-corrected chi connectivity index (χ4v) is 2.38. The zero-order valence-corrected chi connectivity index (χ0v) is 13.3. The average molecular weight is 313 g/mol. The number of rotatable bonds is 4. The lowest BCUT2D eigenvalue weighted by molar-refractivity contribution is 0.827. The summed E-state index contributed by atoms with van der Waals surface area (Å²) in [6.45, 7) is 4.59. The van der Waals surface area contributed by atoms with Crippen molar-refractivity contribution < 1.29 is 0 Å². The fraction of sp³-hybridized carbons (Fsp3) is 0.176. The lowest BCUT2D eigenvalue weighted by Crippen LogP contribution is -2.05. The molecule has 0 aliphatic carbocycles. The standard InChI is InChI=1S/C17H17ClN4/c1-12(2)20-21-17-19-15-5-3-4-6-16(15)22(17)11-13-7-9-14(18)10-8-13/h3-10H,11H2,1-2H3,(H,19,21). The second kappa shape index (κ2) is 6.20. The molecule has 0 saturated carbocycles. The largest absolute Gasteiger partial charge is 0.304 e. The maximum absolute atomic E-state index is 5.96. The predicted molar refractivity (Wildman–Crippen MR) is 92.7 cm³/mol. The van der Waals surface area contributed by atoms with Gasteiger partial charge >= 0.3 is 0 Å². The molecular formula is C17H17ClN4. The summed E-state index contributed by atoms with van der Waals surface area (Å²) in [5.41, 5.74) is 7.18. The highest BCUT2D eigenvalue weighted by molar-refractivity contribution is 6.30. The third kappa shape index (κ3) is 3.12. The minimum absolute atomic E-state index is 0.707. The molecule has 4 nitrogen and oxygen atoms in total. The molecule has 3 aromatic rings. The van der Waals surface area contributed by atoms with Crippen LogP contribution in [0.5, 0.6) is 0 Å². The van der Waals surface area contributed by atoms with Gasteiger partial charge in [-0.05, 0) is 43.7 Å². The minimum atomic E-state index is 0.707. The zero-order chi connectivity index (χ0) is 15.5. The zero-order valence-electron chi connectivity index (χ0n) is 12.5. The summed E-state index contributed by atoms with van der Waals surface area (Å²) in [7, 11) is 0. The van der Waals surface area contributed by atoms with E-state index in [1.54, 1.807) is 0 Å².